The van der Waals surface area contributed by atoms with Crippen LogP contribution in [0.5, 0.6) is 0 Å². The van der Waals surface area contributed by atoms with Crippen LogP contribution in [0.2, 0.25) is 0 Å². The fraction of sp³-hybridized carbons (Fsp3) is 0.423. The van der Waals surface area contributed by atoms with Crippen LogP contribution >= 0.6 is 7.92 Å². The van der Waals surface area contributed by atoms with Crippen molar-refractivity contribution in [3.63, 3.8) is 0 Å². The maximum atomic E-state index is 13.3. The number of anilines is 1. The van der Waals surface area contributed by atoms with Gasteiger partial charge in [-0.15, -0.1) is 0 Å². The van der Waals surface area contributed by atoms with Gasteiger partial charge in [0.2, 0.25) is 0 Å². The standard InChI is InChI=1S/C26H30N5O6P/c1-2-37-26(35)30-12-10-29(11-13-30)25(34)23(17-38-36)28-24(33)22-15-19(31-9-8-20(32)16-31)14-21(27-22)18-6-4-3-5-7-18/h3-7,14-15,20,23,32H,2,8-13,16H2,1H3,(H,28,33)/t20-,23+/m1/s1. The van der Waals surface area contributed by atoms with E-state index in [4.69, 9.17) is 4.74 Å². The van der Waals surface area contributed by atoms with Gasteiger partial charge in [-0.05, 0) is 0 Å². The van der Waals surface area contributed by atoms with Crippen LogP contribution < -0.4 is 10.2 Å². The third-order valence-corrected chi connectivity index (χ3v) is 6.83. The van der Waals surface area contributed by atoms with Crippen LogP contribution in [-0.2, 0) is 14.1 Å². The summed E-state index contributed by atoms with van der Waals surface area (Å²) >= 11 is 0. The number of hydrogen-bond donors (Lipinski definition) is 2. The summed E-state index contributed by atoms with van der Waals surface area (Å²) in [6, 6.07) is 11.6. The van der Waals surface area contributed by atoms with Crippen LogP contribution in [-0.4, -0.2) is 95.8 Å². The Kier molecular flexibility index (Phi) is 9.18. The van der Waals surface area contributed by atoms with Gasteiger partial charge in [-0.2, -0.15) is 0 Å². The van der Waals surface area contributed by atoms with Crippen molar-refractivity contribution in [3.05, 3.63) is 48.2 Å². The number of aliphatic hydroxyl groups is 1. The summed E-state index contributed by atoms with van der Waals surface area (Å²) in [6.07, 6.45) is -0.268. The number of amides is 3. The van der Waals surface area contributed by atoms with Gasteiger partial charge in [0, 0.05) is 0 Å². The Balaban J connectivity index is 1.53. The molecule has 0 saturated carbocycles. The van der Waals surface area contributed by atoms with Gasteiger partial charge in [0.1, 0.15) is 0 Å². The van der Waals surface area contributed by atoms with Crippen molar-refractivity contribution >= 4 is 31.5 Å². The molecule has 0 spiro atoms. The fourth-order valence-electron chi connectivity index (χ4n) is 4.46. The molecular weight excluding hydrogens is 509 g/mol. The number of β-amino-alcohol motifs (C(OH)–C–C–N with tert-alkyl or cyclic N) is 1. The van der Waals surface area contributed by atoms with Crippen LogP contribution in [0.4, 0.5) is 10.5 Å². The first kappa shape index (κ1) is 27.4. The van der Waals surface area contributed by atoms with Crippen LogP contribution in [0.3, 0.4) is 0 Å². The molecule has 200 valence electrons. The molecule has 4 rings (SSSR count). The van der Waals surface area contributed by atoms with Gasteiger partial charge in [-0.3, -0.25) is 0 Å². The Bertz CT molecular complexity index is 1280. The van der Waals surface area contributed by atoms with Crippen molar-refractivity contribution in [3.8, 4) is 16.9 Å². The summed E-state index contributed by atoms with van der Waals surface area (Å²) in [4.78, 5) is 48.0. The first-order chi connectivity index (χ1) is 18.4. The number of aliphatic hydroxyl groups excluding tert-OH is 1. The van der Waals surface area contributed by atoms with Crippen molar-refractivity contribution in [2.75, 3.05) is 50.8 Å². The fourth-order valence-corrected chi connectivity index (χ4v) is 4.74. The Morgan fingerprint density at radius 1 is 1.13 bits per heavy atom. The molecule has 2 N–H and O–H groups in total. The molecule has 2 aliphatic heterocycles. The van der Waals surface area contributed by atoms with E-state index in [9.17, 15) is 24.1 Å². The predicted octanol–water partition coefficient (Wildman–Crippen LogP) is 1.97. The molecule has 0 bridgehead atoms. The average molecular weight is 540 g/mol. The SMILES string of the molecule is CCOC(=O)N1CCN(C(=O)[C@H](C#P=O)NC(=O)c2cc(N3CC[C@@H](O)C3)cc(-c3ccccc3)n2)CC1. The monoisotopic (exact) mass is 539 g/mol. The summed E-state index contributed by atoms with van der Waals surface area (Å²) in [5.41, 5.74) is 4.67. The zero-order valence-electron chi connectivity index (χ0n) is 21.1. The van der Waals surface area contributed by atoms with Gasteiger partial charge in [-0.1, -0.05) is 0 Å². The molecule has 38 heavy (non-hydrogen) atoms. The second kappa shape index (κ2) is 12.7. The number of piperazine rings is 1. The summed E-state index contributed by atoms with van der Waals surface area (Å²) in [5.74, 6) is -1.10. The van der Waals surface area contributed by atoms with Gasteiger partial charge < -0.3 is 0 Å². The minimum atomic E-state index is -1.27. The molecule has 0 unspecified atom stereocenters. The molecule has 12 heteroatoms. The van der Waals surface area contributed by atoms with E-state index in [-0.39, 0.29) is 38.5 Å². The molecule has 11 nitrogen and oxygen atoms in total. The van der Waals surface area contributed by atoms with Gasteiger partial charge in [0.05, 0.1) is 0 Å². The van der Waals surface area contributed by atoms with E-state index >= 15 is 0 Å². The molecule has 2 fully saturated rings. The number of aromatic nitrogens is 1. The number of benzene rings is 1. The van der Waals surface area contributed by atoms with Crippen molar-refractivity contribution in [2.45, 2.75) is 25.5 Å². The number of pyridine rings is 1. The molecule has 3 heterocycles. The van der Waals surface area contributed by atoms with E-state index in [1.54, 1.807) is 13.0 Å². The quantitative estimate of drug-likeness (QED) is 0.533. The molecular formula is C26H30N5O6P. The molecule has 1 aromatic carbocycles. The Morgan fingerprint density at radius 3 is 2.47 bits per heavy atom. The number of rotatable bonds is 6. The second-order valence-electron chi connectivity index (χ2n) is 8.99. The molecule has 3 amide bonds. The summed E-state index contributed by atoms with van der Waals surface area (Å²) in [6.45, 7) is 4.11. The van der Waals surface area contributed by atoms with E-state index in [2.05, 4.69) is 15.9 Å². The zero-order chi connectivity index (χ0) is 27.1. The number of carbonyl (C=O) groups excluding carboxylic acids is 3. The topological polar surface area (TPSA) is 132 Å². The first-order valence-electron chi connectivity index (χ1n) is 12.5. The Labute approximate surface area is 221 Å². The predicted molar refractivity (Wildman–Crippen MR) is 140 cm³/mol. The average Bonchev–Trinajstić information content (AvgIpc) is 3.39. The number of nitrogens with zero attached hydrogens (tertiary/aromatic N) is 4. The molecule has 2 aliphatic rings. The normalized spacial score (nSPS) is 17.9. The van der Waals surface area contributed by atoms with Gasteiger partial charge >= 0.3 is 222 Å². The van der Waals surface area contributed by atoms with E-state index in [0.29, 0.717) is 25.2 Å². The Morgan fingerprint density at radius 2 is 1.84 bits per heavy atom. The first-order valence-corrected chi connectivity index (χ1v) is 13.3. The van der Waals surface area contributed by atoms with E-state index in [0.717, 1.165) is 11.3 Å². The summed E-state index contributed by atoms with van der Waals surface area (Å²) in [7, 11) is -0.532. The van der Waals surface area contributed by atoms with Crippen LogP contribution in [0.15, 0.2) is 42.5 Å². The number of hydrogen-bond acceptors (Lipinski definition) is 8. The van der Waals surface area contributed by atoms with Crippen LogP contribution in [0.1, 0.15) is 23.8 Å². The molecule has 2 atom stereocenters. The van der Waals surface area contributed by atoms with Crippen LogP contribution in [0, 0.1) is 5.63 Å². The molecule has 1 aromatic heterocycles. The second-order valence-corrected chi connectivity index (χ2v) is 9.43. The minimum absolute atomic E-state index is 0.0806. The third kappa shape index (κ3) is 6.61. The number of nitrogens with one attached hydrogen (secondary N) is 1. The van der Waals surface area contributed by atoms with Gasteiger partial charge in [0.15, 0.2) is 0 Å². The maximum absolute atomic E-state index is 13.3. The zero-order valence-corrected chi connectivity index (χ0v) is 22.0. The van der Waals surface area contributed by atoms with Gasteiger partial charge in [-0.25, -0.2) is 0 Å². The summed E-state index contributed by atoms with van der Waals surface area (Å²) < 4.78 is 16.4. The van der Waals surface area contributed by atoms with E-state index < -0.39 is 38.0 Å². The van der Waals surface area contributed by atoms with E-state index in [1.807, 2.05) is 41.3 Å². The molecule has 0 radical (unpaired) electrons. The molecule has 2 saturated heterocycles. The molecule has 2 aromatic rings. The van der Waals surface area contributed by atoms with E-state index in [1.165, 1.54) is 9.80 Å². The van der Waals surface area contributed by atoms with Crippen molar-refractivity contribution in [1.29, 1.82) is 0 Å². The summed E-state index contributed by atoms with van der Waals surface area (Å²) in [5, 5.41) is 12.6. The number of ether oxygens (including phenoxy) is 1. The third-order valence-electron chi connectivity index (χ3n) is 6.46. The molecule has 0 aliphatic carbocycles. The van der Waals surface area contributed by atoms with Crippen molar-refractivity contribution in [2.24, 2.45) is 0 Å². The number of carbonyl (C=O) groups is 3. The van der Waals surface area contributed by atoms with Gasteiger partial charge in [0.25, 0.3) is 0 Å². The Hall–Kier alpha value is -3.65. The van der Waals surface area contributed by atoms with Crippen LogP contribution in [0.25, 0.3) is 11.3 Å². The van der Waals surface area contributed by atoms with Crippen molar-refractivity contribution in [1.82, 2.24) is 20.1 Å². The van der Waals surface area contributed by atoms with Crippen molar-refractivity contribution < 1.29 is 28.8 Å².